The molecule has 0 amide bonds. The summed E-state index contributed by atoms with van der Waals surface area (Å²) in [4.78, 5) is 0. The van der Waals surface area contributed by atoms with Crippen molar-refractivity contribution in [2.45, 2.75) is 13.2 Å². The monoisotopic (exact) mass is 171 g/mol. The van der Waals surface area contributed by atoms with E-state index in [1.54, 1.807) is 24.3 Å². The fourth-order valence-corrected chi connectivity index (χ4v) is 0.899. The molecule has 59 valence electrons. The summed E-state index contributed by atoms with van der Waals surface area (Å²) < 4.78 is 4.86. The predicted molar refractivity (Wildman–Crippen MR) is 42.2 cm³/mol. The fourth-order valence-electron chi connectivity index (χ4n) is 0.719. The highest BCUT2D eigenvalue weighted by Gasteiger charge is 2.02. The number of para-hydroxylation sites is 1. The largest absolute Gasteiger partial charge is 0.461 e. The zero-order valence-corrected chi connectivity index (χ0v) is 6.84. The van der Waals surface area contributed by atoms with Gasteiger partial charge >= 0.3 is 0 Å². The van der Waals surface area contributed by atoms with Crippen molar-refractivity contribution in [3.05, 3.63) is 29.3 Å². The number of hydrogen-bond donors (Lipinski definition) is 0. The third-order valence-electron chi connectivity index (χ3n) is 1.13. The van der Waals surface area contributed by atoms with Crippen LogP contribution in [0.25, 0.3) is 0 Å². The van der Waals surface area contributed by atoms with Gasteiger partial charge in [-0.25, -0.2) is 0 Å². The van der Waals surface area contributed by atoms with Crippen LogP contribution in [-0.4, -0.2) is 6.29 Å². The summed E-state index contributed by atoms with van der Waals surface area (Å²) in [6, 6.07) is 6.89. The Kier molecular flexibility index (Phi) is 2.74. The van der Waals surface area contributed by atoms with Gasteiger partial charge in [0.2, 0.25) is 6.29 Å². The molecule has 0 N–H and O–H groups in total. The van der Waals surface area contributed by atoms with Gasteiger partial charge in [0, 0.05) is 6.92 Å². The van der Waals surface area contributed by atoms with E-state index in [0.717, 1.165) is 0 Å². The number of hydrogen-bond acceptors (Lipinski definition) is 1. The average Bonchev–Trinajstić information content (AvgIpc) is 1.93. The zero-order chi connectivity index (χ0) is 8.27. The van der Waals surface area contributed by atoms with Crippen LogP contribution in [0, 0.1) is 0 Å². The summed E-state index contributed by atoms with van der Waals surface area (Å²) in [5.41, 5.74) is 0. The summed E-state index contributed by atoms with van der Waals surface area (Å²) in [5.74, 6) is 0.441. The van der Waals surface area contributed by atoms with Gasteiger partial charge in [0.05, 0.1) is 5.02 Å². The minimum absolute atomic E-state index is 0.441. The van der Waals surface area contributed by atoms with Crippen LogP contribution in [0.5, 0.6) is 5.75 Å². The maximum absolute atomic E-state index is 10.6. The lowest BCUT2D eigenvalue weighted by Crippen LogP contribution is -2.07. The molecule has 1 aromatic carbocycles. The standard InChI is InChI=1S/C8H8ClO2/c1-6(10)11-8-5-3-2-4-7(8)9/h2-6H,1H3. The lowest BCUT2D eigenvalue weighted by molar-refractivity contribution is -0.0552. The molecule has 0 aliphatic heterocycles. The van der Waals surface area contributed by atoms with Crippen molar-refractivity contribution in [2.24, 2.45) is 0 Å². The molecule has 1 radical (unpaired) electrons. The molecule has 0 saturated carbocycles. The summed E-state index contributed by atoms with van der Waals surface area (Å²) in [6.45, 7) is 1.42. The second kappa shape index (κ2) is 3.60. The molecule has 1 aromatic rings. The van der Waals surface area contributed by atoms with E-state index in [4.69, 9.17) is 16.3 Å². The summed E-state index contributed by atoms with van der Waals surface area (Å²) in [7, 11) is 0. The van der Waals surface area contributed by atoms with Crippen LogP contribution in [0.3, 0.4) is 0 Å². The van der Waals surface area contributed by atoms with Crippen molar-refractivity contribution in [1.29, 1.82) is 0 Å². The fraction of sp³-hybridized carbons (Fsp3) is 0.250. The first-order valence-electron chi connectivity index (χ1n) is 3.27. The van der Waals surface area contributed by atoms with E-state index in [-0.39, 0.29) is 0 Å². The molecular formula is C8H8ClO2. The van der Waals surface area contributed by atoms with Gasteiger partial charge in [0.15, 0.2) is 0 Å². The van der Waals surface area contributed by atoms with Crippen molar-refractivity contribution in [1.82, 2.24) is 0 Å². The minimum Gasteiger partial charge on any atom is -0.461 e. The van der Waals surface area contributed by atoms with Crippen LogP contribution in [0.4, 0.5) is 0 Å². The molecular weight excluding hydrogens is 164 g/mol. The van der Waals surface area contributed by atoms with E-state index in [2.05, 4.69) is 0 Å². The van der Waals surface area contributed by atoms with E-state index >= 15 is 0 Å². The molecule has 0 fully saturated rings. The molecule has 0 bridgehead atoms. The first kappa shape index (κ1) is 8.37. The smallest absolute Gasteiger partial charge is 0.228 e. The lowest BCUT2D eigenvalue weighted by atomic mass is 10.3. The van der Waals surface area contributed by atoms with Gasteiger partial charge in [-0.15, -0.1) is 0 Å². The molecule has 0 aromatic heterocycles. The first-order valence-corrected chi connectivity index (χ1v) is 3.65. The number of ether oxygens (including phenoxy) is 1. The van der Waals surface area contributed by atoms with Gasteiger partial charge in [-0.2, -0.15) is 5.11 Å². The highest BCUT2D eigenvalue weighted by molar-refractivity contribution is 6.32. The topological polar surface area (TPSA) is 29.1 Å². The van der Waals surface area contributed by atoms with Crippen molar-refractivity contribution in [2.75, 3.05) is 0 Å². The van der Waals surface area contributed by atoms with Crippen LogP contribution < -0.4 is 4.74 Å². The maximum atomic E-state index is 10.6. The van der Waals surface area contributed by atoms with Crippen molar-refractivity contribution >= 4 is 11.6 Å². The quantitative estimate of drug-likeness (QED) is 0.629. The molecule has 11 heavy (non-hydrogen) atoms. The number of halogens is 1. The van der Waals surface area contributed by atoms with Crippen molar-refractivity contribution in [3.8, 4) is 5.75 Å². The van der Waals surface area contributed by atoms with Crippen LogP contribution >= 0.6 is 11.6 Å². The molecule has 0 heterocycles. The molecule has 0 aliphatic carbocycles. The number of benzene rings is 1. The SMILES string of the molecule is CC([O])Oc1ccccc1Cl. The zero-order valence-electron chi connectivity index (χ0n) is 6.08. The Morgan fingerprint density at radius 1 is 1.45 bits per heavy atom. The Morgan fingerprint density at radius 2 is 2.09 bits per heavy atom. The van der Waals surface area contributed by atoms with Crippen LogP contribution in [0.15, 0.2) is 24.3 Å². The Hall–Kier alpha value is -0.730. The molecule has 1 rings (SSSR count). The summed E-state index contributed by atoms with van der Waals surface area (Å²) in [6.07, 6.45) is -1.07. The Morgan fingerprint density at radius 3 is 2.64 bits per heavy atom. The Bertz CT molecular complexity index is 235. The second-order valence-electron chi connectivity index (χ2n) is 2.12. The first-order chi connectivity index (χ1) is 5.20. The van der Waals surface area contributed by atoms with Crippen LogP contribution in [-0.2, 0) is 5.11 Å². The van der Waals surface area contributed by atoms with E-state index in [9.17, 15) is 5.11 Å². The minimum atomic E-state index is -1.07. The third-order valence-corrected chi connectivity index (χ3v) is 1.44. The van der Waals surface area contributed by atoms with E-state index in [1.165, 1.54) is 6.92 Å². The van der Waals surface area contributed by atoms with Gasteiger partial charge in [-0.3, -0.25) is 0 Å². The van der Waals surface area contributed by atoms with E-state index in [0.29, 0.717) is 10.8 Å². The third kappa shape index (κ3) is 2.41. The summed E-state index contributed by atoms with van der Waals surface area (Å²) >= 11 is 5.70. The highest BCUT2D eigenvalue weighted by Crippen LogP contribution is 2.23. The highest BCUT2D eigenvalue weighted by atomic mass is 35.5. The molecule has 1 unspecified atom stereocenters. The van der Waals surface area contributed by atoms with Gasteiger partial charge in [0.1, 0.15) is 5.75 Å². The summed E-state index contributed by atoms with van der Waals surface area (Å²) in [5, 5.41) is 11.0. The number of rotatable bonds is 2. The second-order valence-corrected chi connectivity index (χ2v) is 2.52. The molecule has 3 heteroatoms. The van der Waals surface area contributed by atoms with Crippen molar-refractivity contribution < 1.29 is 9.84 Å². The molecule has 2 nitrogen and oxygen atoms in total. The van der Waals surface area contributed by atoms with Gasteiger partial charge in [0.25, 0.3) is 0 Å². The van der Waals surface area contributed by atoms with Gasteiger partial charge < -0.3 is 4.74 Å². The van der Waals surface area contributed by atoms with Crippen LogP contribution in [0.2, 0.25) is 5.02 Å². The van der Waals surface area contributed by atoms with Crippen molar-refractivity contribution in [3.63, 3.8) is 0 Å². The lowest BCUT2D eigenvalue weighted by Gasteiger charge is -2.07. The molecule has 0 saturated heterocycles. The maximum Gasteiger partial charge on any atom is 0.228 e. The Labute approximate surface area is 70.4 Å². The van der Waals surface area contributed by atoms with Crippen LogP contribution in [0.1, 0.15) is 6.92 Å². The van der Waals surface area contributed by atoms with Gasteiger partial charge in [-0.1, -0.05) is 23.7 Å². The molecule has 1 atom stereocenters. The molecule has 0 spiro atoms. The Balaban J connectivity index is 2.78. The predicted octanol–water partition coefficient (Wildman–Crippen LogP) is 2.50. The molecule has 0 aliphatic rings. The normalized spacial score (nSPS) is 12.6. The van der Waals surface area contributed by atoms with Gasteiger partial charge in [-0.05, 0) is 12.1 Å². The van der Waals surface area contributed by atoms with E-state index in [1.807, 2.05) is 0 Å². The van der Waals surface area contributed by atoms with E-state index < -0.39 is 6.29 Å². The average molecular weight is 172 g/mol.